The molecule has 1 N–H and O–H groups in total. The largest absolute Gasteiger partial charge is 0.346 e. The van der Waals surface area contributed by atoms with Crippen LogP contribution in [-0.2, 0) is 18.9 Å². The van der Waals surface area contributed by atoms with Gasteiger partial charge in [0.2, 0.25) is 5.91 Å². The van der Waals surface area contributed by atoms with Crippen LogP contribution >= 0.6 is 11.8 Å². The van der Waals surface area contributed by atoms with Gasteiger partial charge >= 0.3 is 5.69 Å². The average molecular weight is 375 g/mol. The molecule has 0 spiro atoms. The number of hydrazone groups is 1. The van der Waals surface area contributed by atoms with Crippen LogP contribution in [0, 0.1) is 13.8 Å². The summed E-state index contributed by atoms with van der Waals surface area (Å²) in [5.41, 5.74) is 5.32. The zero-order valence-corrected chi connectivity index (χ0v) is 16.2. The Morgan fingerprint density at radius 1 is 1.27 bits per heavy atom. The summed E-state index contributed by atoms with van der Waals surface area (Å²) in [4.78, 5) is 35.6. The van der Waals surface area contributed by atoms with Gasteiger partial charge in [0.15, 0.2) is 5.03 Å². The number of nitrogens with zero attached hydrogens (tertiary/aromatic N) is 4. The van der Waals surface area contributed by atoms with Crippen molar-refractivity contribution in [2.75, 3.05) is 5.75 Å². The number of thioether (sulfide) groups is 1. The summed E-state index contributed by atoms with van der Waals surface area (Å²) in [6.07, 6.45) is 0. The first-order valence-electron chi connectivity index (χ1n) is 7.88. The Kier molecular flexibility index (Phi) is 6.14. The third-order valence-corrected chi connectivity index (χ3v) is 4.69. The van der Waals surface area contributed by atoms with Gasteiger partial charge < -0.3 is 0 Å². The van der Waals surface area contributed by atoms with Gasteiger partial charge in [-0.1, -0.05) is 35.5 Å². The molecule has 0 aliphatic carbocycles. The predicted octanol–water partition coefficient (Wildman–Crippen LogP) is 0.728. The summed E-state index contributed by atoms with van der Waals surface area (Å²) in [5, 5.41) is 8.08. The summed E-state index contributed by atoms with van der Waals surface area (Å²) < 4.78 is 2.01. The van der Waals surface area contributed by atoms with Gasteiger partial charge in [0.05, 0.1) is 11.5 Å². The van der Waals surface area contributed by atoms with Gasteiger partial charge in [-0.2, -0.15) is 10.2 Å². The Labute approximate surface area is 154 Å². The highest BCUT2D eigenvalue weighted by Gasteiger charge is 2.11. The van der Waals surface area contributed by atoms with Crippen LogP contribution in [0.25, 0.3) is 0 Å². The summed E-state index contributed by atoms with van der Waals surface area (Å²) in [7, 11) is 2.82. The molecule has 0 saturated carbocycles. The van der Waals surface area contributed by atoms with Gasteiger partial charge in [-0.25, -0.2) is 14.9 Å². The number of carbonyl (C=O) groups is 1. The predicted molar refractivity (Wildman–Crippen MR) is 102 cm³/mol. The average Bonchev–Trinajstić information content (AvgIpc) is 2.59. The Bertz CT molecular complexity index is 991. The number of amides is 1. The molecular weight excluding hydrogens is 354 g/mol. The number of hydrogen-bond donors (Lipinski definition) is 1. The number of nitrogens with one attached hydrogen (secondary N) is 1. The first-order valence-corrected chi connectivity index (χ1v) is 8.87. The van der Waals surface area contributed by atoms with E-state index in [0.717, 1.165) is 37.7 Å². The molecule has 1 amide bonds. The lowest BCUT2D eigenvalue weighted by Gasteiger charge is -2.07. The van der Waals surface area contributed by atoms with Crippen molar-refractivity contribution in [3.8, 4) is 0 Å². The van der Waals surface area contributed by atoms with Gasteiger partial charge in [-0.15, -0.1) is 0 Å². The molecule has 1 aromatic heterocycles. The van der Waals surface area contributed by atoms with Gasteiger partial charge in [-0.05, 0) is 26.3 Å². The smallest absolute Gasteiger partial charge is 0.272 e. The van der Waals surface area contributed by atoms with Crippen LogP contribution in [0.3, 0.4) is 0 Å². The van der Waals surface area contributed by atoms with Gasteiger partial charge in [0.1, 0.15) is 0 Å². The van der Waals surface area contributed by atoms with Crippen molar-refractivity contribution in [1.82, 2.24) is 19.8 Å². The second-order valence-electron chi connectivity index (χ2n) is 5.91. The third-order valence-electron chi connectivity index (χ3n) is 3.75. The Balaban J connectivity index is 2.03. The maximum Gasteiger partial charge on any atom is 0.346 e. The van der Waals surface area contributed by atoms with E-state index in [2.05, 4.69) is 15.6 Å². The lowest BCUT2D eigenvalue weighted by atomic mass is 10.0. The Morgan fingerprint density at radius 2 is 1.96 bits per heavy atom. The van der Waals surface area contributed by atoms with E-state index in [-0.39, 0.29) is 16.7 Å². The molecule has 1 aromatic carbocycles. The monoisotopic (exact) mass is 375 g/mol. The molecule has 2 rings (SSSR count). The van der Waals surface area contributed by atoms with E-state index in [4.69, 9.17) is 0 Å². The van der Waals surface area contributed by atoms with Crippen molar-refractivity contribution in [3.63, 3.8) is 0 Å². The third kappa shape index (κ3) is 4.48. The quantitative estimate of drug-likeness (QED) is 0.472. The zero-order valence-electron chi connectivity index (χ0n) is 15.4. The molecule has 0 radical (unpaired) electrons. The molecule has 0 fully saturated rings. The normalized spacial score (nSPS) is 11.5. The summed E-state index contributed by atoms with van der Waals surface area (Å²) >= 11 is 0.959. The molecule has 0 aliphatic rings. The second-order valence-corrected chi connectivity index (χ2v) is 6.88. The molecule has 9 heteroatoms. The number of aromatic nitrogens is 3. The maximum atomic E-state index is 12.0. The summed E-state index contributed by atoms with van der Waals surface area (Å²) in [6.45, 7) is 5.81. The maximum absolute atomic E-state index is 12.0. The molecule has 0 bridgehead atoms. The van der Waals surface area contributed by atoms with Crippen LogP contribution < -0.4 is 16.7 Å². The minimum Gasteiger partial charge on any atom is -0.272 e. The van der Waals surface area contributed by atoms with E-state index in [1.165, 1.54) is 14.1 Å². The fourth-order valence-electron chi connectivity index (χ4n) is 2.35. The van der Waals surface area contributed by atoms with Crippen molar-refractivity contribution in [3.05, 3.63) is 55.7 Å². The molecule has 0 saturated heterocycles. The van der Waals surface area contributed by atoms with Crippen molar-refractivity contribution < 1.29 is 4.79 Å². The Morgan fingerprint density at radius 3 is 2.62 bits per heavy atom. The second kappa shape index (κ2) is 8.13. The molecular formula is C17H21N5O3S. The number of carbonyl (C=O) groups excluding carboxylic acids is 1. The van der Waals surface area contributed by atoms with Gasteiger partial charge in [0, 0.05) is 19.7 Å². The van der Waals surface area contributed by atoms with E-state index < -0.39 is 11.2 Å². The molecule has 26 heavy (non-hydrogen) atoms. The van der Waals surface area contributed by atoms with Crippen LogP contribution in [-0.4, -0.2) is 31.7 Å². The zero-order chi connectivity index (χ0) is 19.4. The molecule has 138 valence electrons. The molecule has 2 aromatic rings. The molecule has 0 aliphatic heterocycles. The SMILES string of the molecule is C/C(=N/NC(=O)CSc1nn(C)c(=O)n(C)c1=O)c1ccc(C)cc1C. The van der Waals surface area contributed by atoms with Crippen molar-refractivity contribution in [2.45, 2.75) is 25.8 Å². The number of rotatable bonds is 5. The van der Waals surface area contributed by atoms with Crippen LogP contribution in [0.2, 0.25) is 0 Å². The molecule has 0 atom stereocenters. The lowest BCUT2D eigenvalue weighted by Crippen LogP contribution is -2.39. The topological polar surface area (TPSA) is 98.3 Å². The highest BCUT2D eigenvalue weighted by Crippen LogP contribution is 2.12. The van der Waals surface area contributed by atoms with E-state index in [1.807, 2.05) is 39.0 Å². The van der Waals surface area contributed by atoms with E-state index in [1.54, 1.807) is 0 Å². The number of benzene rings is 1. The Hall–Kier alpha value is -2.68. The number of aryl methyl sites for hydroxylation is 3. The van der Waals surface area contributed by atoms with Crippen LogP contribution in [0.1, 0.15) is 23.6 Å². The van der Waals surface area contributed by atoms with Gasteiger partial charge in [0.25, 0.3) is 5.56 Å². The lowest BCUT2D eigenvalue weighted by molar-refractivity contribution is -0.118. The minimum absolute atomic E-state index is 0.0376. The fourth-order valence-corrected chi connectivity index (χ4v) is 3.12. The van der Waals surface area contributed by atoms with Gasteiger partial charge in [-0.3, -0.25) is 14.2 Å². The highest BCUT2D eigenvalue weighted by atomic mass is 32.2. The fraction of sp³-hybridized carbons (Fsp3) is 0.353. The first-order chi connectivity index (χ1) is 12.2. The van der Waals surface area contributed by atoms with Crippen LogP contribution in [0.15, 0.2) is 37.9 Å². The number of hydrogen-bond acceptors (Lipinski definition) is 6. The van der Waals surface area contributed by atoms with Crippen molar-refractivity contribution in [2.24, 2.45) is 19.2 Å². The van der Waals surface area contributed by atoms with E-state index >= 15 is 0 Å². The summed E-state index contributed by atoms with van der Waals surface area (Å²) in [6, 6.07) is 6.00. The minimum atomic E-state index is -0.527. The van der Waals surface area contributed by atoms with E-state index in [0.29, 0.717) is 5.71 Å². The molecule has 1 heterocycles. The molecule has 8 nitrogen and oxygen atoms in total. The first kappa shape index (κ1) is 19.6. The standard InChI is InChI=1S/C17H21N5O3S/c1-10-6-7-13(11(2)8-10)12(3)18-19-14(23)9-26-15-16(24)21(4)17(25)22(5)20-15/h6-8H,9H2,1-5H3,(H,19,23)/b18-12-. The van der Waals surface area contributed by atoms with Crippen LogP contribution in [0.5, 0.6) is 0 Å². The van der Waals surface area contributed by atoms with Crippen molar-refractivity contribution >= 4 is 23.4 Å². The van der Waals surface area contributed by atoms with Crippen LogP contribution in [0.4, 0.5) is 0 Å². The molecule has 0 unspecified atom stereocenters. The summed E-state index contributed by atoms with van der Waals surface area (Å²) in [5.74, 6) is -0.402. The van der Waals surface area contributed by atoms with E-state index in [9.17, 15) is 14.4 Å². The van der Waals surface area contributed by atoms with Crippen molar-refractivity contribution in [1.29, 1.82) is 0 Å². The highest BCUT2D eigenvalue weighted by molar-refractivity contribution is 7.99.